The molecule has 1 fully saturated rings. The van der Waals surface area contributed by atoms with Crippen LogP contribution in [-0.4, -0.2) is 61.5 Å². The maximum atomic E-state index is 12.3. The topological polar surface area (TPSA) is 35.6 Å². The first-order chi connectivity index (χ1) is 10.4. The van der Waals surface area contributed by atoms with Crippen LogP contribution in [0, 0.1) is 19.8 Å². The normalized spacial score (nSPS) is 18.6. The largest absolute Gasteiger partial charge is 0.350 e. The maximum absolute atomic E-state index is 12.3. The highest BCUT2D eigenvalue weighted by Gasteiger charge is 2.25. The molecule has 1 N–H and O–H groups in total. The molecule has 1 unspecified atom stereocenters. The molecule has 1 aromatic rings. The molecule has 0 aliphatic carbocycles. The minimum atomic E-state index is 0.0703. The van der Waals surface area contributed by atoms with E-state index in [1.807, 2.05) is 6.07 Å². The Kier molecular flexibility index (Phi) is 6.01. The van der Waals surface area contributed by atoms with Crippen molar-refractivity contribution < 1.29 is 4.79 Å². The average Bonchev–Trinajstić information content (AvgIpc) is 2.80. The third-order valence-electron chi connectivity index (χ3n) is 4.64. The highest BCUT2D eigenvalue weighted by atomic mass is 32.1. The van der Waals surface area contributed by atoms with Gasteiger partial charge in [-0.1, -0.05) is 13.8 Å². The Bertz CT molecular complexity index is 485. The van der Waals surface area contributed by atoms with Crippen molar-refractivity contribution in [2.75, 3.05) is 39.8 Å². The third-order valence-corrected chi connectivity index (χ3v) is 5.79. The summed E-state index contributed by atoms with van der Waals surface area (Å²) in [4.78, 5) is 19.3. The number of carbonyl (C=O) groups excluding carboxylic acids is 1. The second kappa shape index (κ2) is 7.57. The highest BCUT2D eigenvalue weighted by molar-refractivity contribution is 7.14. The zero-order chi connectivity index (χ0) is 16.3. The van der Waals surface area contributed by atoms with E-state index >= 15 is 0 Å². The van der Waals surface area contributed by atoms with Crippen LogP contribution < -0.4 is 5.32 Å². The van der Waals surface area contributed by atoms with Crippen molar-refractivity contribution in [2.24, 2.45) is 5.92 Å². The summed E-state index contributed by atoms with van der Waals surface area (Å²) in [7, 11) is 2.17. The van der Waals surface area contributed by atoms with Crippen LogP contribution in [0.3, 0.4) is 0 Å². The zero-order valence-electron chi connectivity index (χ0n) is 14.5. The van der Waals surface area contributed by atoms with Crippen LogP contribution in [-0.2, 0) is 0 Å². The second-order valence-corrected chi connectivity index (χ2v) is 7.97. The lowest BCUT2D eigenvalue weighted by molar-refractivity contribution is 0.0793. The summed E-state index contributed by atoms with van der Waals surface area (Å²) in [6, 6.07) is 2.41. The van der Waals surface area contributed by atoms with Crippen LogP contribution in [0.4, 0.5) is 0 Å². The molecule has 1 aliphatic rings. The van der Waals surface area contributed by atoms with Crippen LogP contribution in [0.15, 0.2) is 6.07 Å². The predicted molar refractivity (Wildman–Crippen MR) is 93.8 cm³/mol. The van der Waals surface area contributed by atoms with Gasteiger partial charge in [0.15, 0.2) is 0 Å². The molecule has 5 heteroatoms. The lowest BCUT2D eigenvalue weighted by Crippen LogP contribution is -2.54. The Balaban J connectivity index is 1.92. The fourth-order valence-electron chi connectivity index (χ4n) is 2.91. The smallest absolute Gasteiger partial charge is 0.261 e. The molecule has 1 saturated heterocycles. The monoisotopic (exact) mass is 323 g/mol. The zero-order valence-corrected chi connectivity index (χ0v) is 15.3. The fraction of sp³-hybridized carbons (Fsp3) is 0.706. The molecule has 0 bridgehead atoms. The summed E-state index contributed by atoms with van der Waals surface area (Å²) < 4.78 is 0. The van der Waals surface area contributed by atoms with E-state index < -0.39 is 0 Å². The second-order valence-electron chi connectivity index (χ2n) is 6.71. The number of thiophene rings is 1. The standard InChI is InChI=1S/C17H29N3OS/c1-12(2)15(20-8-6-19(5)7-9-20)11-18-17(21)16-10-13(3)14(4)22-16/h10,12,15H,6-9,11H2,1-5H3,(H,18,21). The Morgan fingerprint density at radius 2 is 1.91 bits per heavy atom. The molecule has 4 nitrogen and oxygen atoms in total. The first-order valence-electron chi connectivity index (χ1n) is 8.16. The number of nitrogens with zero attached hydrogens (tertiary/aromatic N) is 2. The summed E-state index contributed by atoms with van der Waals surface area (Å²) in [5.74, 6) is 0.608. The molecule has 1 aliphatic heterocycles. The van der Waals surface area contributed by atoms with Gasteiger partial charge in [-0.15, -0.1) is 11.3 Å². The summed E-state index contributed by atoms with van der Waals surface area (Å²) in [6.45, 7) is 13.8. The van der Waals surface area contributed by atoms with Gasteiger partial charge in [-0.05, 0) is 38.4 Å². The minimum absolute atomic E-state index is 0.0703. The lowest BCUT2D eigenvalue weighted by Gasteiger charge is -2.39. The Morgan fingerprint density at radius 1 is 1.27 bits per heavy atom. The molecule has 124 valence electrons. The Morgan fingerprint density at radius 3 is 2.41 bits per heavy atom. The summed E-state index contributed by atoms with van der Waals surface area (Å²) in [5.41, 5.74) is 1.20. The van der Waals surface area contributed by atoms with Gasteiger partial charge in [-0.2, -0.15) is 0 Å². The van der Waals surface area contributed by atoms with Gasteiger partial charge in [-0.3, -0.25) is 9.69 Å². The van der Waals surface area contributed by atoms with Crippen LogP contribution in [0.25, 0.3) is 0 Å². The Hall–Kier alpha value is -0.910. The lowest BCUT2D eigenvalue weighted by atomic mass is 10.0. The maximum Gasteiger partial charge on any atom is 0.261 e. The van der Waals surface area contributed by atoms with Gasteiger partial charge in [0.1, 0.15) is 0 Å². The van der Waals surface area contributed by atoms with E-state index in [4.69, 9.17) is 0 Å². The highest BCUT2D eigenvalue weighted by Crippen LogP contribution is 2.20. The number of aryl methyl sites for hydroxylation is 2. The van der Waals surface area contributed by atoms with E-state index in [2.05, 4.69) is 49.9 Å². The molecule has 1 atom stereocenters. The van der Waals surface area contributed by atoms with Gasteiger partial charge in [0, 0.05) is 43.6 Å². The molecule has 1 amide bonds. The van der Waals surface area contributed by atoms with Crippen molar-refractivity contribution in [1.82, 2.24) is 15.1 Å². The van der Waals surface area contributed by atoms with Gasteiger partial charge in [0.2, 0.25) is 0 Å². The number of carbonyl (C=O) groups is 1. The molecule has 0 radical (unpaired) electrons. The number of hydrogen-bond acceptors (Lipinski definition) is 4. The minimum Gasteiger partial charge on any atom is -0.350 e. The van der Waals surface area contributed by atoms with Crippen molar-refractivity contribution in [3.05, 3.63) is 21.4 Å². The van der Waals surface area contributed by atoms with Gasteiger partial charge in [0.05, 0.1) is 4.88 Å². The summed E-state index contributed by atoms with van der Waals surface area (Å²) in [6.07, 6.45) is 0. The van der Waals surface area contributed by atoms with Crippen molar-refractivity contribution in [3.8, 4) is 0 Å². The quantitative estimate of drug-likeness (QED) is 0.903. The summed E-state index contributed by atoms with van der Waals surface area (Å²) >= 11 is 1.59. The van der Waals surface area contributed by atoms with Crippen LogP contribution in [0.1, 0.15) is 34.0 Å². The Labute approximate surface area is 138 Å². The molecule has 22 heavy (non-hydrogen) atoms. The van der Waals surface area contributed by atoms with E-state index in [0.29, 0.717) is 12.0 Å². The van der Waals surface area contributed by atoms with Crippen LogP contribution in [0.5, 0.6) is 0 Å². The van der Waals surface area contributed by atoms with Gasteiger partial charge < -0.3 is 10.2 Å². The molecule has 2 rings (SSSR count). The number of nitrogens with one attached hydrogen (secondary N) is 1. The predicted octanol–water partition coefficient (Wildman–Crippen LogP) is 2.37. The van der Waals surface area contributed by atoms with Gasteiger partial charge >= 0.3 is 0 Å². The first-order valence-corrected chi connectivity index (χ1v) is 8.98. The SMILES string of the molecule is Cc1cc(C(=O)NCC(C(C)C)N2CCN(C)CC2)sc1C. The molecular formula is C17H29N3OS. The number of hydrogen-bond donors (Lipinski definition) is 1. The van der Waals surface area contributed by atoms with Gasteiger partial charge in [0.25, 0.3) is 5.91 Å². The third kappa shape index (κ3) is 4.31. The number of rotatable bonds is 5. The van der Waals surface area contributed by atoms with E-state index in [1.54, 1.807) is 11.3 Å². The average molecular weight is 324 g/mol. The van der Waals surface area contributed by atoms with Crippen molar-refractivity contribution in [3.63, 3.8) is 0 Å². The molecule has 0 saturated carbocycles. The number of piperazine rings is 1. The molecule has 2 heterocycles. The molecule has 0 spiro atoms. The fourth-order valence-corrected chi connectivity index (χ4v) is 3.86. The first kappa shape index (κ1) is 17.4. The van der Waals surface area contributed by atoms with Crippen molar-refractivity contribution >= 4 is 17.2 Å². The van der Waals surface area contributed by atoms with E-state index in [9.17, 15) is 4.79 Å². The van der Waals surface area contributed by atoms with Crippen molar-refractivity contribution in [1.29, 1.82) is 0 Å². The number of likely N-dealkylation sites (N-methyl/N-ethyl adjacent to an activating group) is 1. The van der Waals surface area contributed by atoms with Crippen LogP contribution in [0.2, 0.25) is 0 Å². The number of amides is 1. The van der Waals surface area contributed by atoms with E-state index in [-0.39, 0.29) is 5.91 Å². The van der Waals surface area contributed by atoms with Crippen LogP contribution >= 0.6 is 11.3 Å². The van der Waals surface area contributed by atoms with Gasteiger partial charge in [-0.25, -0.2) is 0 Å². The summed E-state index contributed by atoms with van der Waals surface area (Å²) in [5, 5.41) is 3.15. The van der Waals surface area contributed by atoms with E-state index in [0.717, 1.165) is 37.6 Å². The molecular weight excluding hydrogens is 294 g/mol. The molecule has 1 aromatic heterocycles. The van der Waals surface area contributed by atoms with Crippen molar-refractivity contribution in [2.45, 2.75) is 33.7 Å². The molecule has 0 aromatic carbocycles. The van der Waals surface area contributed by atoms with E-state index in [1.165, 1.54) is 10.4 Å².